The van der Waals surface area contributed by atoms with Gasteiger partial charge in [-0.2, -0.15) is 0 Å². The van der Waals surface area contributed by atoms with Crippen molar-refractivity contribution in [3.63, 3.8) is 0 Å². The predicted molar refractivity (Wildman–Crippen MR) is 95.2 cm³/mol. The van der Waals surface area contributed by atoms with Gasteiger partial charge in [0.15, 0.2) is 6.04 Å². The van der Waals surface area contributed by atoms with Gasteiger partial charge in [0.1, 0.15) is 11.5 Å². The molecular weight excluding hydrogens is 336 g/mol. The van der Waals surface area contributed by atoms with Crippen molar-refractivity contribution in [2.75, 3.05) is 33.4 Å². The summed E-state index contributed by atoms with van der Waals surface area (Å²) in [6.07, 6.45) is 2.28. The topological polar surface area (TPSA) is 79.3 Å². The highest BCUT2D eigenvalue weighted by molar-refractivity contribution is 5.99. The number of para-hydroxylation sites is 1. The third-order valence-electron chi connectivity index (χ3n) is 5.28. The van der Waals surface area contributed by atoms with Crippen LogP contribution in [0.25, 0.3) is 0 Å². The number of aliphatic carboxylic acids is 1. The molecule has 0 unspecified atom stereocenters. The Morgan fingerprint density at radius 1 is 1.31 bits per heavy atom. The summed E-state index contributed by atoms with van der Waals surface area (Å²) in [4.78, 5) is 28.9. The summed E-state index contributed by atoms with van der Waals surface area (Å²) in [5.74, 6) is -0.954. The minimum absolute atomic E-state index is 0.0179. The fraction of sp³-hybridized carbons (Fsp3) is 0.579. The van der Waals surface area contributed by atoms with Crippen molar-refractivity contribution in [1.82, 2.24) is 9.80 Å². The Morgan fingerprint density at radius 2 is 2.00 bits per heavy atom. The van der Waals surface area contributed by atoms with Crippen molar-refractivity contribution in [1.29, 1.82) is 0 Å². The van der Waals surface area contributed by atoms with E-state index in [0.29, 0.717) is 24.2 Å². The molecule has 2 saturated heterocycles. The maximum Gasteiger partial charge on any atom is 0.328 e. The van der Waals surface area contributed by atoms with Crippen LogP contribution in [0.1, 0.15) is 36.5 Å². The third-order valence-corrected chi connectivity index (χ3v) is 5.28. The van der Waals surface area contributed by atoms with Gasteiger partial charge in [0, 0.05) is 25.9 Å². The maximum atomic E-state index is 13.3. The molecule has 2 fully saturated rings. The lowest BCUT2D eigenvalue weighted by molar-refractivity contribution is -0.143. The van der Waals surface area contributed by atoms with E-state index in [2.05, 4.69) is 11.8 Å². The number of carbonyl (C=O) groups is 2. The molecule has 0 aromatic heterocycles. The van der Waals surface area contributed by atoms with Crippen molar-refractivity contribution < 1.29 is 24.2 Å². The van der Waals surface area contributed by atoms with Gasteiger partial charge >= 0.3 is 5.97 Å². The first-order chi connectivity index (χ1) is 12.5. The number of carboxylic acid groups (broad SMARTS) is 1. The van der Waals surface area contributed by atoms with E-state index in [4.69, 9.17) is 9.47 Å². The standard InChI is InChI=1S/C19H26N2O5/c1-3-10-20-11-8-19(9-12-20)21(15(13-26-19)18(23)24)17(22)14-6-4-5-7-16(14)25-2/h4-7,15H,3,8-13H2,1-2H3,(H,23,24)/t15-/m1/s1. The van der Waals surface area contributed by atoms with Crippen LogP contribution < -0.4 is 4.74 Å². The van der Waals surface area contributed by atoms with Gasteiger partial charge in [-0.25, -0.2) is 4.79 Å². The molecule has 7 nitrogen and oxygen atoms in total. The highest BCUT2D eigenvalue weighted by atomic mass is 16.5. The molecule has 1 aromatic carbocycles. The summed E-state index contributed by atoms with van der Waals surface area (Å²) >= 11 is 0. The van der Waals surface area contributed by atoms with Gasteiger partial charge in [0.05, 0.1) is 19.3 Å². The van der Waals surface area contributed by atoms with Crippen LogP contribution in [0.2, 0.25) is 0 Å². The SMILES string of the molecule is CCCN1CCC2(CC1)OC[C@H](C(=O)O)N2C(=O)c1ccccc1OC. The van der Waals surface area contributed by atoms with E-state index in [9.17, 15) is 14.7 Å². The molecule has 0 aliphatic carbocycles. The predicted octanol–water partition coefficient (Wildman–Crippen LogP) is 1.82. The highest BCUT2D eigenvalue weighted by Gasteiger charge is 2.54. The molecule has 0 saturated carbocycles. The number of rotatable bonds is 5. The zero-order valence-corrected chi connectivity index (χ0v) is 15.3. The van der Waals surface area contributed by atoms with Gasteiger partial charge in [-0.05, 0) is 25.1 Å². The number of likely N-dealkylation sites (tertiary alicyclic amines) is 1. The van der Waals surface area contributed by atoms with Crippen LogP contribution in [0.5, 0.6) is 5.75 Å². The van der Waals surface area contributed by atoms with Crippen molar-refractivity contribution in [3.05, 3.63) is 29.8 Å². The molecule has 0 radical (unpaired) electrons. The van der Waals surface area contributed by atoms with Gasteiger partial charge in [-0.15, -0.1) is 0 Å². The van der Waals surface area contributed by atoms with E-state index in [-0.39, 0.29) is 12.5 Å². The molecule has 2 heterocycles. The van der Waals surface area contributed by atoms with Crippen LogP contribution in [0, 0.1) is 0 Å². The molecule has 1 atom stereocenters. The Bertz CT molecular complexity index is 670. The average molecular weight is 362 g/mol. The number of carbonyl (C=O) groups excluding carboxylic acids is 1. The lowest BCUT2D eigenvalue weighted by Gasteiger charge is -2.44. The number of benzene rings is 1. The van der Waals surface area contributed by atoms with Gasteiger partial charge in [-0.3, -0.25) is 9.69 Å². The minimum atomic E-state index is -1.04. The Balaban J connectivity index is 1.91. The number of amides is 1. The van der Waals surface area contributed by atoms with E-state index in [1.54, 1.807) is 24.3 Å². The number of methoxy groups -OCH3 is 1. The summed E-state index contributed by atoms with van der Waals surface area (Å²) < 4.78 is 11.3. The van der Waals surface area contributed by atoms with Crippen molar-refractivity contribution in [3.8, 4) is 5.75 Å². The molecule has 142 valence electrons. The first-order valence-corrected chi connectivity index (χ1v) is 9.08. The van der Waals surface area contributed by atoms with Crippen LogP contribution in [-0.2, 0) is 9.53 Å². The number of hydrogen-bond donors (Lipinski definition) is 1. The molecule has 0 bridgehead atoms. The van der Waals surface area contributed by atoms with Crippen LogP contribution in [0.15, 0.2) is 24.3 Å². The zero-order valence-electron chi connectivity index (χ0n) is 15.3. The second kappa shape index (κ2) is 7.63. The molecule has 7 heteroatoms. The van der Waals surface area contributed by atoms with E-state index in [1.807, 2.05) is 0 Å². The normalized spacial score (nSPS) is 22.5. The number of hydrogen-bond acceptors (Lipinski definition) is 5. The molecule has 2 aliphatic heterocycles. The molecule has 26 heavy (non-hydrogen) atoms. The van der Waals surface area contributed by atoms with Gasteiger partial charge < -0.3 is 19.5 Å². The largest absolute Gasteiger partial charge is 0.496 e. The summed E-state index contributed by atoms with van der Waals surface area (Å²) in [5, 5.41) is 9.64. The average Bonchev–Trinajstić information content (AvgIpc) is 3.02. The van der Waals surface area contributed by atoms with Crippen molar-refractivity contribution in [2.24, 2.45) is 0 Å². The van der Waals surface area contributed by atoms with Crippen LogP contribution in [0.4, 0.5) is 0 Å². The van der Waals surface area contributed by atoms with Crippen LogP contribution >= 0.6 is 0 Å². The molecule has 1 spiro atoms. The fourth-order valence-corrected chi connectivity index (χ4v) is 3.95. The van der Waals surface area contributed by atoms with Crippen LogP contribution in [-0.4, -0.2) is 71.9 Å². The van der Waals surface area contributed by atoms with Gasteiger partial charge in [-0.1, -0.05) is 19.1 Å². The first kappa shape index (κ1) is 18.7. The lowest BCUT2D eigenvalue weighted by atomic mass is 9.96. The Morgan fingerprint density at radius 3 is 2.62 bits per heavy atom. The number of piperidine rings is 1. The summed E-state index contributed by atoms with van der Waals surface area (Å²) in [6.45, 7) is 4.73. The number of ether oxygens (including phenoxy) is 2. The summed E-state index contributed by atoms with van der Waals surface area (Å²) in [6, 6.07) is 5.92. The minimum Gasteiger partial charge on any atom is -0.496 e. The van der Waals surface area contributed by atoms with E-state index in [1.165, 1.54) is 12.0 Å². The number of nitrogens with zero attached hydrogens (tertiary/aromatic N) is 2. The second-order valence-electron chi connectivity index (χ2n) is 6.83. The highest BCUT2D eigenvalue weighted by Crippen LogP contribution is 2.39. The lowest BCUT2D eigenvalue weighted by Crippen LogP contribution is -2.58. The quantitative estimate of drug-likeness (QED) is 0.861. The van der Waals surface area contributed by atoms with E-state index < -0.39 is 17.7 Å². The molecular formula is C19H26N2O5. The molecule has 1 N–H and O–H groups in total. The Hall–Kier alpha value is -2.12. The van der Waals surface area contributed by atoms with Crippen molar-refractivity contribution in [2.45, 2.75) is 38.0 Å². The number of carboxylic acids is 1. The maximum absolute atomic E-state index is 13.3. The molecule has 2 aliphatic rings. The second-order valence-corrected chi connectivity index (χ2v) is 6.83. The van der Waals surface area contributed by atoms with Gasteiger partial charge in [0.2, 0.25) is 0 Å². The van der Waals surface area contributed by atoms with Gasteiger partial charge in [0.25, 0.3) is 5.91 Å². The molecule has 3 rings (SSSR count). The van der Waals surface area contributed by atoms with Crippen molar-refractivity contribution >= 4 is 11.9 Å². The Kier molecular flexibility index (Phi) is 5.48. The molecule has 1 amide bonds. The van der Waals surface area contributed by atoms with E-state index in [0.717, 1.165) is 26.1 Å². The Labute approximate surface area is 153 Å². The third kappa shape index (κ3) is 3.29. The molecule has 1 aromatic rings. The smallest absolute Gasteiger partial charge is 0.328 e. The fourth-order valence-electron chi connectivity index (χ4n) is 3.95. The van der Waals surface area contributed by atoms with E-state index >= 15 is 0 Å². The summed E-state index contributed by atoms with van der Waals surface area (Å²) in [7, 11) is 1.50. The zero-order chi connectivity index (χ0) is 18.7. The first-order valence-electron chi connectivity index (χ1n) is 9.08. The summed E-state index contributed by atoms with van der Waals surface area (Å²) in [5.41, 5.74) is -0.493. The van der Waals surface area contributed by atoms with Crippen LogP contribution in [0.3, 0.4) is 0 Å². The monoisotopic (exact) mass is 362 g/mol.